The third kappa shape index (κ3) is 4.28. The zero-order valence-electron chi connectivity index (χ0n) is 15.8. The lowest BCUT2D eigenvalue weighted by atomic mass is 10.1. The van der Waals surface area contributed by atoms with Crippen LogP contribution >= 0.6 is 0 Å². The minimum Gasteiger partial charge on any atom is -0.454 e. The Hall–Kier alpha value is -3.00. The summed E-state index contributed by atoms with van der Waals surface area (Å²) in [5, 5.41) is 5.85. The van der Waals surface area contributed by atoms with Crippen LogP contribution in [0.25, 0.3) is 0 Å². The third-order valence-corrected chi connectivity index (χ3v) is 4.84. The number of fused-ring (bicyclic) bond motifs is 1. The number of nitrogens with one attached hydrogen (secondary N) is 2. The summed E-state index contributed by atoms with van der Waals surface area (Å²) in [5.41, 5.74) is 1.96. The minimum absolute atomic E-state index is 0.157. The number of carbonyl (C=O) groups excluding carboxylic acids is 1. The molecular formula is C20H24N4O4. The predicted octanol–water partition coefficient (Wildman–Crippen LogP) is 2.21. The van der Waals surface area contributed by atoms with E-state index >= 15 is 0 Å². The monoisotopic (exact) mass is 384 g/mol. The molecule has 0 radical (unpaired) electrons. The smallest absolute Gasteiger partial charge is 0.315 e. The van der Waals surface area contributed by atoms with Gasteiger partial charge in [-0.15, -0.1) is 0 Å². The van der Waals surface area contributed by atoms with E-state index in [1.54, 1.807) is 6.20 Å². The van der Waals surface area contributed by atoms with E-state index in [-0.39, 0.29) is 18.9 Å². The normalized spacial score (nSPS) is 16.5. The molecule has 1 atom stereocenters. The SMILES string of the molecule is CC(NC(=O)NCc1ccnc(N2CCOCC2)c1)c1ccc2c(c1)OCO2. The number of hydrogen-bond acceptors (Lipinski definition) is 6. The number of ether oxygens (including phenoxy) is 3. The van der Waals surface area contributed by atoms with E-state index in [0.29, 0.717) is 25.5 Å². The van der Waals surface area contributed by atoms with Crippen LogP contribution in [0.3, 0.4) is 0 Å². The average Bonchev–Trinajstić information content (AvgIpc) is 3.21. The first kappa shape index (κ1) is 18.4. The van der Waals surface area contributed by atoms with E-state index in [0.717, 1.165) is 35.8 Å². The second-order valence-electron chi connectivity index (χ2n) is 6.78. The number of pyridine rings is 1. The maximum atomic E-state index is 12.3. The minimum atomic E-state index is -0.227. The van der Waals surface area contributed by atoms with Crippen LogP contribution in [0, 0.1) is 0 Å². The van der Waals surface area contributed by atoms with Crippen molar-refractivity contribution in [1.82, 2.24) is 15.6 Å². The molecule has 2 aliphatic heterocycles. The highest BCUT2D eigenvalue weighted by Gasteiger charge is 2.17. The Morgan fingerprint density at radius 3 is 2.86 bits per heavy atom. The summed E-state index contributed by atoms with van der Waals surface area (Å²) < 4.78 is 16.1. The van der Waals surface area contributed by atoms with Crippen molar-refractivity contribution in [3.8, 4) is 11.5 Å². The fourth-order valence-corrected chi connectivity index (χ4v) is 3.23. The molecule has 2 N–H and O–H groups in total. The van der Waals surface area contributed by atoms with Crippen LogP contribution in [0.2, 0.25) is 0 Å². The number of nitrogens with zero attached hydrogens (tertiary/aromatic N) is 2. The molecule has 0 bridgehead atoms. The summed E-state index contributed by atoms with van der Waals surface area (Å²) >= 11 is 0. The van der Waals surface area contributed by atoms with E-state index in [4.69, 9.17) is 14.2 Å². The number of urea groups is 1. The fraction of sp³-hybridized carbons (Fsp3) is 0.400. The van der Waals surface area contributed by atoms with Gasteiger partial charge in [-0.2, -0.15) is 0 Å². The molecule has 1 unspecified atom stereocenters. The molecule has 2 aliphatic rings. The molecule has 1 fully saturated rings. The van der Waals surface area contributed by atoms with Crippen LogP contribution < -0.4 is 25.0 Å². The molecule has 0 aliphatic carbocycles. The van der Waals surface area contributed by atoms with Gasteiger partial charge in [0, 0.05) is 25.8 Å². The van der Waals surface area contributed by atoms with Crippen molar-refractivity contribution >= 4 is 11.8 Å². The number of aromatic nitrogens is 1. The van der Waals surface area contributed by atoms with E-state index in [1.165, 1.54) is 0 Å². The second-order valence-corrected chi connectivity index (χ2v) is 6.78. The Morgan fingerprint density at radius 2 is 2.00 bits per heavy atom. The average molecular weight is 384 g/mol. The molecule has 1 saturated heterocycles. The summed E-state index contributed by atoms with van der Waals surface area (Å²) in [6, 6.07) is 9.21. The van der Waals surface area contributed by atoms with Gasteiger partial charge in [0.05, 0.1) is 19.3 Å². The summed E-state index contributed by atoms with van der Waals surface area (Å²) in [6.45, 7) is 5.68. The first-order chi connectivity index (χ1) is 13.7. The van der Waals surface area contributed by atoms with Gasteiger partial charge in [0.15, 0.2) is 11.5 Å². The van der Waals surface area contributed by atoms with E-state index in [2.05, 4.69) is 20.5 Å². The van der Waals surface area contributed by atoms with Crippen LogP contribution in [0.4, 0.5) is 10.6 Å². The molecule has 0 saturated carbocycles. The van der Waals surface area contributed by atoms with Crippen molar-refractivity contribution in [3.63, 3.8) is 0 Å². The van der Waals surface area contributed by atoms with Gasteiger partial charge in [-0.1, -0.05) is 6.07 Å². The molecule has 2 aromatic rings. The number of carbonyl (C=O) groups is 1. The quantitative estimate of drug-likeness (QED) is 0.822. The Kier molecular flexibility index (Phi) is 5.48. The van der Waals surface area contributed by atoms with Gasteiger partial charge in [-0.3, -0.25) is 0 Å². The molecule has 148 valence electrons. The van der Waals surface area contributed by atoms with Gasteiger partial charge in [0.2, 0.25) is 6.79 Å². The van der Waals surface area contributed by atoms with Crippen molar-refractivity contribution in [1.29, 1.82) is 0 Å². The zero-order valence-corrected chi connectivity index (χ0v) is 15.8. The van der Waals surface area contributed by atoms with Gasteiger partial charge in [0.25, 0.3) is 0 Å². The molecule has 0 spiro atoms. The Bertz CT molecular complexity index is 839. The molecular weight excluding hydrogens is 360 g/mol. The molecule has 2 amide bonds. The summed E-state index contributed by atoms with van der Waals surface area (Å²) in [4.78, 5) is 18.9. The molecule has 1 aromatic heterocycles. The van der Waals surface area contributed by atoms with E-state index in [9.17, 15) is 4.79 Å². The van der Waals surface area contributed by atoms with Crippen molar-refractivity contribution in [2.24, 2.45) is 0 Å². The largest absolute Gasteiger partial charge is 0.454 e. The maximum Gasteiger partial charge on any atom is 0.315 e. The van der Waals surface area contributed by atoms with Gasteiger partial charge < -0.3 is 29.7 Å². The molecule has 1 aromatic carbocycles. The molecule has 3 heterocycles. The molecule has 28 heavy (non-hydrogen) atoms. The van der Waals surface area contributed by atoms with Crippen molar-refractivity contribution in [3.05, 3.63) is 47.7 Å². The second kappa shape index (κ2) is 8.35. The first-order valence-electron chi connectivity index (χ1n) is 9.40. The van der Waals surface area contributed by atoms with Crippen LogP contribution in [-0.2, 0) is 11.3 Å². The number of benzene rings is 1. The van der Waals surface area contributed by atoms with Crippen molar-refractivity contribution < 1.29 is 19.0 Å². The summed E-state index contributed by atoms with van der Waals surface area (Å²) in [7, 11) is 0. The number of hydrogen-bond donors (Lipinski definition) is 2. The molecule has 4 rings (SSSR count). The van der Waals surface area contributed by atoms with Crippen LogP contribution in [0.15, 0.2) is 36.5 Å². The number of rotatable bonds is 5. The van der Waals surface area contributed by atoms with Crippen LogP contribution in [0.1, 0.15) is 24.1 Å². The van der Waals surface area contributed by atoms with Gasteiger partial charge >= 0.3 is 6.03 Å². The predicted molar refractivity (Wildman–Crippen MR) is 104 cm³/mol. The van der Waals surface area contributed by atoms with Gasteiger partial charge in [-0.25, -0.2) is 9.78 Å². The van der Waals surface area contributed by atoms with Crippen LogP contribution in [0.5, 0.6) is 11.5 Å². The summed E-state index contributed by atoms with van der Waals surface area (Å²) in [6.07, 6.45) is 1.77. The lowest BCUT2D eigenvalue weighted by molar-refractivity contribution is 0.122. The summed E-state index contributed by atoms with van der Waals surface area (Å²) in [5.74, 6) is 2.35. The van der Waals surface area contributed by atoms with Gasteiger partial charge in [-0.05, 0) is 42.3 Å². The Labute approximate surface area is 163 Å². The van der Waals surface area contributed by atoms with Crippen molar-refractivity contribution in [2.75, 3.05) is 38.0 Å². The Balaban J connectivity index is 1.30. The van der Waals surface area contributed by atoms with Gasteiger partial charge in [0.1, 0.15) is 5.82 Å². The molecule has 8 nitrogen and oxygen atoms in total. The number of anilines is 1. The van der Waals surface area contributed by atoms with Crippen molar-refractivity contribution in [2.45, 2.75) is 19.5 Å². The third-order valence-electron chi connectivity index (χ3n) is 4.84. The lowest BCUT2D eigenvalue weighted by Crippen LogP contribution is -2.37. The first-order valence-corrected chi connectivity index (χ1v) is 9.40. The maximum absolute atomic E-state index is 12.3. The standard InChI is InChI=1S/C20H24N4O4/c1-14(16-2-3-17-18(11-16)28-13-27-17)23-20(25)22-12-15-4-5-21-19(10-15)24-6-8-26-9-7-24/h2-5,10-11,14H,6-9,12-13H2,1H3,(H2,22,23,25). The zero-order chi connectivity index (χ0) is 19.3. The molecule has 8 heteroatoms. The van der Waals surface area contributed by atoms with E-state index < -0.39 is 0 Å². The topological polar surface area (TPSA) is 85.0 Å². The number of morpholine rings is 1. The highest BCUT2D eigenvalue weighted by Crippen LogP contribution is 2.34. The Morgan fingerprint density at radius 1 is 1.18 bits per heavy atom. The fourth-order valence-electron chi connectivity index (χ4n) is 3.23. The lowest BCUT2D eigenvalue weighted by Gasteiger charge is -2.28. The highest BCUT2D eigenvalue weighted by atomic mass is 16.7. The van der Waals surface area contributed by atoms with E-state index in [1.807, 2.05) is 37.3 Å². The van der Waals surface area contributed by atoms with Crippen LogP contribution in [-0.4, -0.2) is 44.1 Å². The number of amides is 2. The highest BCUT2D eigenvalue weighted by molar-refractivity contribution is 5.74.